The van der Waals surface area contributed by atoms with Crippen LogP contribution in [0.3, 0.4) is 0 Å². The molecule has 0 spiro atoms. The predicted molar refractivity (Wildman–Crippen MR) is 73.3 cm³/mol. The quantitative estimate of drug-likeness (QED) is 0.441. The van der Waals surface area contributed by atoms with E-state index in [4.69, 9.17) is 21.0 Å². The lowest BCUT2D eigenvalue weighted by Crippen LogP contribution is -2.49. The summed E-state index contributed by atoms with van der Waals surface area (Å²) in [6.45, 7) is 1.70. The van der Waals surface area contributed by atoms with Crippen molar-refractivity contribution in [3.63, 3.8) is 0 Å². The molecule has 7 heteroatoms. The van der Waals surface area contributed by atoms with E-state index in [2.05, 4.69) is 11.2 Å². The van der Waals surface area contributed by atoms with Crippen molar-refractivity contribution in [3.8, 4) is 12.3 Å². The lowest BCUT2D eigenvalue weighted by molar-refractivity contribution is -0.139. The second-order valence-electron chi connectivity index (χ2n) is 4.07. The molecule has 0 saturated carbocycles. The number of nitrogens with zero attached hydrogens (tertiary/aromatic N) is 1. The summed E-state index contributed by atoms with van der Waals surface area (Å²) in [4.78, 5) is 24.4. The van der Waals surface area contributed by atoms with Gasteiger partial charge in [-0.05, 0) is 6.42 Å². The number of aliphatic carboxylic acids is 1. The van der Waals surface area contributed by atoms with Crippen molar-refractivity contribution in [3.05, 3.63) is 0 Å². The summed E-state index contributed by atoms with van der Waals surface area (Å²) < 4.78 is 9.85. The number of amides is 2. The number of hydrogen-bond donors (Lipinski definition) is 2. The lowest BCUT2D eigenvalue weighted by Gasteiger charge is -2.24. The van der Waals surface area contributed by atoms with E-state index in [9.17, 15) is 9.59 Å². The van der Waals surface area contributed by atoms with Gasteiger partial charge >= 0.3 is 12.0 Å². The average Bonchev–Trinajstić information content (AvgIpc) is 2.41. The molecule has 20 heavy (non-hydrogen) atoms. The SMILES string of the molecule is C#CCC(NC(=O)N(CCCOC)CCOC)C(=O)O. The summed E-state index contributed by atoms with van der Waals surface area (Å²) in [5.74, 6) is 1.08. The van der Waals surface area contributed by atoms with Crippen LogP contribution in [0.1, 0.15) is 12.8 Å². The standard InChI is InChI=1S/C13H22N2O5/c1-4-6-11(12(16)17)14-13(18)15(8-10-20-3)7-5-9-19-2/h1,11H,5-10H2,2-3H3,(H,14,18)(H,16,17). The van der Waals surface area contributed by atoms with Crippen LogP contribution >= 0.6 is 0 Å². The van der Waals surface area contributed by atoms with Crippen LogP contribution in [0.5, 0.6) is 0 Å². The number of carboxylic acids is 1. The number of nitrogens with one attached hydrogen (secondary N) is 1. The van der Waals surface area contributed by atoms with Crippen molar-refractivity contribution in [2.45, 2.75) is 18.9 Å². The lowest BCUT2D eigenvalue weighted by atomic mass is 10.2. The molecule has 0 bridgehead atoms. The molecule has 0 aromatic rings. The van der Waals surface area contributed by atoms with Crippen molar-refractivity contribution in [2.75, 3.05) is 40.5 Å². The Morgan fingerprint density at radius 3 is 2.45 bits per heavy atom. The first-order chi connectivity index (χ1) is 9.56. The summed E-state index contributed by atoms with van der Waals surface area (Å²) in [5.41, 5.74) is 0. The first-order valence-corrected chi connectivity index (χ1v) is 6.26. The third-order valence-corrected chi connectivity index (χ3v) is 2.55. The molecule has 0 aliphatic heterocycles. The summed E-state index contributed by atoms with van der Waals surface area (Å²) in [6, 6.07) is -1.55. The Hall–Kier alpha value is -1.78. The topological polar surface area (TPSA) is 88.1 Å². The van der Waals surface area contributed by atoms with Crippen LogP contribution in [0.2, 0.25) is 0 Å². The predicted octanol–water partition coefficient (Wildman–Crippen LogP) is 0.157. The normalized spacial score (nSPS) is 11.4. The van der Waals surface area contributed by atoms with E-state index in [1.807, 2.05) is 0 Å². The zero-order valence-corrected chi connectivity index (χ0v) is 11.9. The Morgan fingerprint density at radius 2 is 1.95 bits per heavy atom. The van der Waals surface area contributed by atoms with E-state index in [-0.39, 0.29) is 6.42 Å². The van der Waals surface area contributed by atoms with Gasteiger partial charge in [-0.1, -0.05) is 0 Å². The Morgan fingerprint density at radius 1 is 1.30 bits per heavy atom. The molecule has 1 atom stereocenters. The monoisotopic (exact) mass is 286 g/mol. The van der Waals surface area contributed by atoms with E-state index in [0.717, 1.165) is 0 Å². The zero-order chi connectivity index (χ0) is 15.4. The van der Waals surface area contributed by atoms with Crippen LogP contribution in [0, 0.1) is 12.3 Å². The molecule has 2 amide bonds. The van der Waals surface area contributed by atoms with E-state index in [1.54, 1.807) is 7.11 Å². The van der Waals surface area contributed by atoms with Crippen LogP contribution in [0.25, 0.3) is 0 Å². The zero-order valence-electron chi connectivity index (χ0n) is 11.9. The maximum absolute atomic E-state index is 12.0. The first-order valence-electron chi connectivity index (χ1n) is 6.26. The number of methoxy groups -OCH3 is 2. The molecule has 1 unspecified atom stereocenters. The van der Waals surface area contributed by atoms with Crippen molar-refractivity contribution in [1.29, 1.82) is 0 Å². The molecule has 0 aromatic heterocycles. The molecule has 0 aliphatic carbocycles. The second kappa shape index (κ2) is 11.1. The number of carbonyl (C=O) groups excluding carboxylic acids is 1. The van der Waals surface area contributed by atoms with Gasteiger partial charge < -0.3 is 24.8 Å². The van der Waals surface area contributed by atoms with Gasteiger partial charge in [0.1, 0.15) is 6.04 Å². The maximum Gasteiger partial charge on any atom is 0.327 e. The number of rotatable bonds is 10. The van der Waals surface area contributed by atoms with Gasteiger partial charge in [-0.25, -0.2) is 9.59 Å². The summed E-state index contributed by atoms with van der Waals surface area (Å²) in [7, 11) is 3.11. The molecular weight excluding hydrogens is 264 g/mol. The van der Waals surface area contributed by atoms with Gasteiger partial charge in [-0.2, -0.15) is 0 Å². The van der Waals surface area contributed by atoms with Gasteiger partial charge in [0.15, 0.2) is 0 Å². The van der Waals surface area contributed by atoms with Gasteiger partial charge in [0.05, 0.1) is 6.61 Å². The molecule has 0 aromatic carbocycles. The minimum Gasteiger partial charge on any atom is -0.480 e. The Labute approximate surface area is 119 Å². The summed E-state index contributed by atoms with van der Waals surface area (Å²) in [6.07, 6.45) is 5.68. The molecule has 0 fully saturated rings. The van der Waals surface area contributed by atoms with Gasteiger partial charge in [0.2, 0.25) is 0 Å². The van der Waals surface area contributed by atoms with Crippen LogP contribution < -0.4 is 5.32 Å². The molecule has 0 radical (unpaired) electrons. The van der Waals surface area contributed by atoms with Crippen LogP contribution in [-0.2, 0) is 14.3 Å². The van der Waals surface area contributed by atoms with Gasteiger partial charge in [0, 0.05) is 40.3 Å². The van der Waals surface area contributed by atoms with Gasteiger partial charge in [-0.15, -0.1) is 12.3 Å². The summed E-state index contributed by atoms with van der Waals surface area (Å²) in [5, 5.41) is 11.4. The Bertz CT molecular complexity index is 340. The van der Waals surface area contributed by atoms with Crippen LogP contribution in [-0.4, -0.2) is 68.6 Å². The van der Waals surface area contributed by atoms with Crippen molar-refractivity contribution in [1.82, 2.24) is 10.2 Å². The highest BCUT2D eigenvalue weighted by atomic mass is 16.5. The minimum atomic E-state index is -1.15. The smallest absolute Gasteiger partial charge is 0.327 e. The summed E-state index contributed by atoms with van der Waals surface area (Å²) >= 11 is 0. The number of ether oxygens (including phenoxy) is 2. The van der Waals surface area contributed by atoms with E-state index in [1.165, 1.54) is 12.0 Å². The van der Waals surface area contributed by atoms with E-state index < -0.39 is 18.0 Å². The number of urea groups is 1. The highest BCUT2D eigenvalue weighted by molar-refractivity contribution is 5.82. The highest BCUT2D eigenvalue weighted by Gasteiger charge is 2.22. The first kappa shape index (κ1) is 18.2. The molecule has 0 heterocycles. The Kier molecular flexibility index (Phi) is 10.1. The fraction of sp³-hybridized carbons (Fsp3) is 0.692. The highest BCUT2D eigenvalue weighted by Crippen LogP contribution is 1.98. The Balaban J connectivity index is 4.49. The largest absolute Gasteiger partial charge is 0.480 e. The third-order valence-electron chi connectivity index (χ3n) is 2.55. The fourth-order valence-electron chi connectivity index (χ4n) is 1.47. The van der Waals surface area contributed by atoms with E-state index >= 15 is 0 Å². The van der Waals surface area contributed by atoms with Crippen molar-refractivity contribution < 1.29 is 24.2 Å². The average molecular weight is 286 g/mol. The van der Waals surface area contributed by atoms with Gasteiger partial charge in [0.25, 0.3) is 0 Å². The van der Waals surface area contributed by atoms with E-state index in [0.29, 0.717) is 32.7 Å². The second-order valence-corrected chi connectivity index (χ2v) is 4.07. The molecule has 2 N–H and O–H groups in total. The number of hydrogen-bond acceptors (Lipinski definition) is 4. The van der Waals surface area contributed by atoms with Crippen molar-refractivity contribution in [2.24, 2.45) is 0 Å². The minimum absolute atomic E-state index is 0.0583. The van der Waals surface area contributed by atoms with Crippen molar-refractivity contribution >= 4 is 12.0 Å². The van der Waals surface area contributed by atoms with Crippen LogP contribution in [0.15, 0.2) is 0 Å². The molecule has 0 rings (SSSR count). The number of carbonyl (C=O) groups is 2. The molecule has 0 saturated heterocycles. The molecular formula is C13H22N2O5. The molecule has 7 nitrogen and oxygen atoms in total. The number of carboxylic acid groups (broad SMARTS) is 1. The molecule has 114 valence electrons. The third kappa shape index (κ3) is 7.61. The fourth-order valence-corrected chi connectivity index (χ4v) is 1.47. The number of terminal acetylenes is 1. The maximum atomic E-state index is 12.0. The van der Waals surface area contributed by atoms with Crippen LogP contribution in [0.4, 0.5) is 4.79 Å². The van der Waals surface area contributed by atoms with Gasteiger partial charge in [-0.3, -0.25) is 0 Å². The molecule has 0 aliphatic rings.